The first-order valence-electron chi connectivity index (χ1n) is 9.33. The minimum Gasteiger partial charge on any atom is -0.381 e. The molecule has 0 bridgehead atoms. The number of carbonyl (C=O) groups excluding carboxylic acids is 1. The van der Waals surface area contributed by atoms with Gasteiger partial charge in [0, 0.05) is 24.7 Å². The second-order valence-electron chi connectivity index (χ2n) is 6.97. The number of rotatable bonds is 6. The SMILES string of the molecule is CCC(CC(=O)NC1(c2ccc(Cl)cc2)CCOCC1)c1ccccc1. The van der Waals surface area contributed by atoms with E-state index in [9.17, 15) is 4.79 Å². The Hall–Kier alpha value is -1.84. The van der Waals surface area contributed by atoms with Gasteiger partial charge in [-0.05, 0) is 48.4 Å². The second-order valence-corrected chi connectivity index (χ2v) is 7.41. The van der Waals surface area contributed by atoms with Gasteiger partial charge in [-0.15, -0.1) is 0 Å². The van der Waals surface area contributed by atoms with E-state index in [1.165, 1.54) is 5.56 Å². The zero-order valence-electron chi connectivity index (χ0n) is 15.2. The predicted molar refractivity (Wildman–Crippen MR) is 105 cm³/mol. The van der Waals surface area contributed by atoms with Crippen LogP contribution in [0, 0.1) is 0 Å². The Labute approximate surface area is 160 Å². The number of benzene rings is 2. The van der Waals surface area contributed by atoms with Gasteiger partial charge in [0.2, 0.25) is 5.91 Å². The van der Waals surface area contributed by atoms with Crippen LogP contribution in [-0.4, -0.2) is 19.1 Å². The molecule has 2 aromatic rings. The number of hydrogen-bond donors (Lipinski definition) is 1. The highest BCUT2D eigenvalue weighted by atomic mass is 35.5. The summed E-state index contributed by atoms with van der Waals surface area (Å²) < 4.78 is 5.55. The fraction of sp³-hybridized carbons (Fsp3) is 0.409. The zero-order valence-corrected chi connectivity index (χ0v) is 16.0. The van der Waals surface area contributed by atoms with Crippen LogP contribution in [-0.2, 0) is 15.1 Å². The average Bonchev–Trinajstić information content (AvgIpc) is 2.68. The van der Waals surface area contributed by atoms with E-state index in [-0.39, 0.29) is 17.4 Å². The molecular formula is C22H26ClNO2. The van der Waals surface area contributed by atoms with E-state index in [0.29, 0.717) is 24.7 Å². The van der Waals surface area contributed by atoms with E-state index < -0.39 is 0 Å². The molecule has 1 N–H and O–H groups in total. The van der Waals surface area contributed by atoms with Gasteiger partial charge in [0.1, 0.15) is 0 Å². The standard InChI is InChI=1S/C22H26ClNO2/c1-2-17(18-6-4-3-5-7-18)16-21(25)24-22(12-14-26-15-13-22)19-8-10-20(23)11-9-19/h3-11,17H,2,12-16H2,1H3,(H,24,25). The lowest BCUT2D eigenvalue weighted by Crippen LogP contribution is -2.49. The molecule has 0 spiro atoms. The number of carbonyl (C=O) groups is 1. The van der Waals surface area contributed by atoms with Crippen LogP contribution in [0.5, 0.6) is 0 Å². The number of nitrogens with one attached hydrogen (secondary N) is 1. The molecule has 1 amide bonds. The fourth-order valence-corrected chi connectivity index (χ4v) is 3.87. The molecule has 0 radical (unpaired) electrons. The van der Waals surface area contributed by atoms with Crippen LogP contribution in [0.4, 0.5) is 0 Å². The summed E-state index contributed by atoms with van der Waals surface area (Å²) >= 11 is 6.05. The van der Waals surface area contributed by atoms with Gasteiger partial charge in [-0.1, -0.05) is 61.0 Å². The third-order valence-corrected chi connectivity index (χ3v) is 5.57. The summed E-state index contributed by atoms with van der Waals surface area (Å²) in [6.07, 6.45) is 3.00. The summed E-state index contributed by atoms with van der Waals surface area (Å²) in [5.41, 5.74) is 1.96. The van der Waals surface area contributed by atoms with Crippen molar-refractivity contribution in [3.63, 3.8) is 0 Å². The van der Waals surface area contributed by atoms with Crippen LogP contribution in [0.1, 0.15) is 49.7 Å². The fourth-order valence-electron chi connectivity index (χ4n) is 3.74. The van der Waals surface area contributed by atoms with Crippen LogP contribution in [0.3, 0.4) is 0 Å². The Bertz CT molecular complexity index is 709. The first-order valence-corrected chi connectivity index (χ1v) is 9.70. The van der Waals surface area contributed by atoms with Crippen molar-refractivity contribution >= 4 is 17.5 Å². The Balaban J connectivity index is 1.76. The van der Waals surface area contributed by atoms with Gasteiger partial charge in [0.05, 0.1) is 5.54 Å². The van der Waals surface area contributed by atoms with Crippen molar-refractivity contribution < 1.29 is 9.53 Å². The van der Waals surface area contributed by atoms with E-state index in [2.05, 4.69) is 24.4 Å². The molecule has 0 aromatic heterocycles. The zero-order chi connectivity index (χ0) is 18.4. The smallest absolute Gasteiger partial charge is 0.221 e. The normalized spacial score (nSPS) is 17.5. The van der Waals surface area contributed by atoms with Crippen molar-refractivity contribution in [3.05, 3.63) is 70.7 Å². The molecule has 1 atom stereocenters. The van der Waals surface area contributed by atoms with Gasteiger partial charge in [0.25, 0.3) is 0 Å². The highest BCUT2D eigenvalue weighted by molar-refractivity contribution is 6.30. The second kappa shape index (κ2) is 8.70. The molecule has 1 aliphatic rings. The van der Waals surface area contributed by atoms with Crippen molar-refractivity contribution in [2.75, 3.05) is 13.2 Å². The number of amides is 1. The van der Waals surface area contributed by atoms with Gasteiger partial charge in [-0.3, -0.25) is 4.79 Å². The lowest BCUT2D eigenvalue weighted by atomic mass is 9.82. The van der Waals surface area contributed by atoms with Crippen molar-refractivity contribution in [3.8, 4) is 0 Å². The maximum atomic E-state index is 12.9. The van der Waals surface area contributed by atoms with Crippen LogP contribution in [0.15, 0.2) is 54.6 Å². The molecule has 3 rings (SSSR count). The quantitative estimate of drug-likeness (QED) is 0.771. The molecule has 1 unspecified atom stereocenters. The lowest BCUT2D eigenvalue weighted by molar-refractivity contribution is -0.125. The summed E-state index contributed by atoms with van der Waals surface area (Å²) in [5, 5.41) is 4.05. The lowest BCUT2D eigenvalue weighted by Gasteiger charge is -2.39. The molecule has 1 saturated heterocycles. The molecule has 138 valence electrons. The van der Waals surface area contributed by atoms with Crippen LogP contribution in [0.25, 0.3) is 0 Å². The minimum atomic E-state index is -0.366. The molecule has 0 aliphatic carbocycles. The Morgan fingerprint density at radius 1 is 1.12 bits per heavy atom. The van der Waals surface area contributed by atoms with Gasteiger partial charge in [-0.2, -0.15) is 0 Å². The molecule has 0 saturated carbocycles. The summed E-state index contributed by atoms with van der Waals surface area (Å²) in [5.74, 6) is 0.330. The summed E-state index contributed by atoms with van der Waals surface area (Å²) in [6.45, 7) is 3.44. The Morgan fingerprint density at radius 3 is 2.38 bits per heavy atom. The molecule has 1 aliphatic heterocycles. The van der Waals surface area contributed by atoms with Gasteiger partial charge in [-0.25, -0.2) is 0 Å². The number of hydrogen-bond acceptors (Lipinski definition) is 2. The molecule has 26 heavy (non-hydrogen) atoms. The third kappa shape index (κ3) is 4.46. The van der Waals surface area contributed by atoms with Crippen molar-refractivity contribution in [1.29, 1.82) is 0 Å². The van der Waals surface area contributed by atoms with E-state index in [0.717, 1.165) is 24.8 Å². The molecule has 1 fully saturated rings. The number of ether oxygens (including phenoxy) is 1. The molecule has 3 nitrogen and oxygen atoms in total. The molecular weight excluding hydrogens is 346 g/mol. The Morgan fingerprint density at radius 2 is 1.77 bits per heavy atom. The van der Waals surface area contributed by atoms with Crippen LogP contribution < -0.4 is 5.32 Å². The van der Waals surface area contributed by atoms with Crippen molar-refractivity contribution in [1.82, 2.24) is 5.32 Å². The monoisotopic (exact) mass is 371 g/mol. The molecule has 1 heterocycles. The van der Waals surface area contributed by atoms with E-state index in [4.69, 9.17) is 16.3 Å². The first-order chi connectivity index (χ1) is 12.6. The van der Waals surface area contributed by atoms with E-state index in [1.807, 2.05) is 42.5 Å². The average molecular weight is 372 g/mol. The Kier molecular flexibility index (Phi) is 6.33. The molecule has 2 aromatic carbocycles. The first kappa shape index (κ1) is 18.9. The molecule has 4 heteroatoms. The largest absolute Gasteiger partial charge is 0.381 e. The third-order valence-electron chi connectivity index (χ3n) is 5.32. The summed E-state index contributed by atoms with van der Waals surface area (Å²) in [6, 6.07) is 18.1. The van der Waals surface area contributed by atoms with E-state index >= 15 is 0 Å². The topological polar surface area (TPSA) is 38.3 Å². The predicted octanol–water partition coefficient (Wildman–Crippen LogP) is 5.05. The maximum Gasteiger partial charge on any atom is 0.221 e. The van der Waals surface area contributed by atoms with Crippen molar-refractivity contribution in [2.24, 2.45) is 0 Å². The maximum absolute atomic E-state index is 12.9. The van der Waals surface area contributed by atoms with Crippen molar-refractivity contribution in [2.45, 2.75) is 44.1 Å². The number of halogens is 1. The minimum absolute atomic E-state index is 0.0950. The highest BCUT2D eigenvalue weighted by Gasteiger charge is 2.36. The van der Waals surface area contributed by atoms with Gasteiger partial charge in [0.15, 0.2) is 0 Å². The van der Waals surface area contributed by atoms with Gasteiger partial charge < -0.3 is 10.1 Å². The van der Waals surface area contributed by atoms with Gasteiger partial charge >= 0.3 is 0 Å². The summed E-state index contributed by atoms with van der Waals surface area (Å²) in [4.78, 5) is 12.9. The summed E-state index contributed by atoms with van der Waals surface area (Å²) in [7, 11) is 0. The highest BCUT2D eigenvalue weighted by Crippen LogP contribution is 2.34. The van der Waals surface area contributed by atoms with E-state index in [1.54, 1.807) is 0 Å². The van der Waals surface area contributed by atoms with Crippen LogP contribution >= 0.6 is 11.6 Å². The van der Waals surface area contributed by atoms with Crippen LogP contribution in [0.2, 0.25) is 5.02 Å².